The van der Waals surface area contributed by atoms with E-state index in [-0.39, 0.29) is 0 Å². The predicted molar refractivity (Wildman–Crippen MR) is 206 cm³/mol. The quantitative estimate of drug-likeness (QED) is 0.0769. The number of hydrogen-bond acceptors (Lipinski definition) is 24. The molecular formula is C38H66N2O24. The van der Waals surface area contributed by atoms with Crippen molar-refractivity contribution in [3.8, 4) is 0 Å². The van der Waals surface area contributed by atoms with E-state index in [1.165, 1.54) is 20.8 Å². The molecule has 0 saturated carbocycles. The van der Waals surface area contributed by atoms with Crippen molar-refractivity contribution in [3.63, 3.8) is 0 Å². The van der Waals surface area contributed by atoms with Crippen molar-refractivity contribution >= 4 is 11.8 Å². The molecule has 0 aromatic heterocycles. The standard InChI is InChI=1S/C38H66N2O24/c1-11-20(45)25(50)28(53)35(56-11)62-31-19(40-14(4)44)33(55-10-17-23(48)24(49)18(39-13(3)43)34(60-17)64-38(5,6)7)59-16(9-42)30(31)61-37-32(27(52)22(47)15(8-41)58-37)63-36-29(54)26(51)21(46)12(2)57-36/h11-12,15-37,41-42,45-54H,8-10H2,1-7H3,(H,39,43)(H,40,44)/t11?,12?,15?,16?,17?,18?,19?,20?,21-,22?,23?,24?,25+,26?,27-,28?,29-,30?,31+,32?,33+,34?,35+,36?,37-/m0/s1. The summed E-state index contributed by atoms with van der Waals surface area (Å²) in [5.74, 6) is -1.31. The van der Waals surface area contributed by atoms with Crippen LogP contribution in [-0.2, 0) is 57.0 Å². The van der Waals surface area contributed by atoms with Crippen LogP contribution in [0.25, 0.3) is 0 Å². The fourth-order valence-corrected chi connectivity index (χ4v) is 8.03. The molecule has 372 valence electrons. The third kappa shape index (κ3) is 12.0. The summed E-state index contributed by atoms with van der Waals surface area (Å²) in [6.07, 6.45) is -38.8. The van der Waals surface area contributed by atoms with Gasteiger partial charge in [-0.15, -0.1) is 0 Å². The number of rotatable bonds is 14. The molecule has 5 saturated heterocycles. The lowest BCUT2D eigenvalue weighted by molar-refractivity contribution is -0.393. The molecule has 0 bridgehead atoms. The van der Waals surface area contributed by atoms with Gasteiger partial charge in [0.1, 0.15) is 110 Å². The van der Waals surface area contributed by atoms with Crippen molar-refractivity contribution in [1.82, 2.24) is 10.6 Å². The van der Waals surface area contributed by atoms with E-state index in [0.717, 1.165) is 6.92 Å². The van der Waals surface area contributed by atoms with Gasteiger partial charge in [0.05, 0.1) is 37.6 Å². The van der Waals surface area contributed by atoms with E-state index < -0.39 is 191 Å². The fraction of sp³-hybridized carbons (Fsp3) is 0.947. The van der Waals surface area contributed by atoms with Gasteiger partial charge in [-0.3, -0.25) is 9.59 Å². The molecule has 26 nitrogen and oxygen atoms in total. The van der Waals surface area contributed by atoms with Crippen LogP contribution in [0, 0.1) is 0 Å². The minimum absolute atomic E-state index is 0.561. The van der Waals surface area contributed by atoms with Crippen LogP contribution in [0.1, 0.15) is 48.5 Å². The van der Waals surface area contributed by atoms with Gasteiger partial charge in [0, 0.05) is 13.8 Å². The molecule has 5 heterocycles. The predicted octanol–water partition coefficient (Wildman–Crippen LogP) is -7.76. The van der Waals surface area contributed by atoms with Gasteiger partial charge < -0.3 is 119 Å². The minimum Gasteiger partial charge on any atom is -0.394 e. The smallest absolute Gasteiger partial charge is 0.217 e. The van der Waals surface area contributed by atoms with E-state index in [1.54, 1.807) is 20.8 Å². The first kappa shape index (κ1) is 53.0. The lowest BCUT2D eigenvalue weighted by Crippen LogP contribution is -2.70. The van der Waals surface area contributed by atoms with Gasteiger partial charge in [0.25, 0.3) is 0 Å². The molecule has 0 spiro atoms. The largest absolute Gasteiger partial charge is 0.394 e. The number of ether oxygens (including phenoxy) is 10. The Labute approximate surface area is 367 Å². The number of carbonyl (C=O) groups is 2. The van der Waals surface area contributed by atoms with Crippen LogP contribution in [0.2, 0.25) is 0 Å². The first-order valence-electron chi connectivity index (χ1n) is 21.0. The van der Waals surface area contributed by atoms with Crippen molar-refractivity contribution in [2.24, 2.45) is 0 Å². The van der Waals surface area contributed by atoms with Crippen molar-refractivity contribution in [1.29, 1.82) is 0 Å². The molecule has 64 heavy (non-hydrogen) atoms. The molecule has 5 aliphatic rings. The summed E-state index contributed by atoms with van der Waals surface area (Å²) in [4.78, 5) is 24.9. The van der Waals surface area contributed by atoms with E-state index in [9.17, 15) is 70.9 Å². The molecule has 2 amide bonds. The number of aliphatic hydroxyl groups is 12. The van der Waals surface area contributed by atoms with Gasteiger partial charge in [-0.25, -0.2) is 0 Å². The van der Waals surface area contributed by atoms with Gasteiger partial charge in [0.2, 0.25) is 11.8 Å². The number of amides is 2. The molecule has 0 radical (unpaired) electrons. The summed E-state index contributed by atoms with van der Waals surface area (Å²) in [7, 11) is 0. The highest BCUT2D eigenvalue weighted by Crippen LogP contribution is 2.36. The molecule has 5 aliphatic heterocycles. The zero-order chi connectivity index (χ0) is 47.7. The highest BCUT2D eigenvalue weighted by Gasteiger charge is 2.57. The summed E-state index contributed by atoms with van der Waals surface area (Å²) < 4.78 is 59.6. The van der Waals surface area contributed by atoms with Crippen LogP contribution in [0.4, 0.5) is 0 Å². The van der Waals surface area contributed by atoms with Gasteiger partial charge in [-0.1, -0.05) is 0 Å². The average Bonchev–Trinajstić information content (AvgIpc) is 3.22. The van der Waals surface area contributed by atoms with Crippen molar-refractivity contribution < 1.29 is 118 Å². The summed E-state index contributed by atoms with van der Waals surface area (Å²) in [5, 5.41) is 134. The Balaban J connectivity index is 1.50. The average molecular weight is 935 g/mol. The second-order valence-corrected chi connectivity index (χ2v) is 17.6. The van der Waals surface area contributed by atoms with Gasteiger partial charge in [0.15, 0.2) is 31.5 Å². The zero-order valence-electron chi connectivity index (χ0n) is 36.3. The Hall–Kier alpha value is -1.94. The summed E-state index contributed by atoms with van der Waals surface area (Å²) in [6.45, 7) is 7.55. The first-order valence-corrected chi connectivity index (χ1v) is 21.0. The zero-order valence-corrected chi connectivity index (χ0v) is 36.3. The van der Waals surface area contributed by atoms with Crippen LogP contribution in [-0.4, -0.2) is 252 Å². The second-order valence-electron chi connectivity index (χ2n) is 17.6. The first-order chi connectivity index (χ1) is 29.9. The van der Waals surface area contributed by atoms with Gasteiger partial charge >= 0.3 is 0 Å². The third-order valence-electron chi connectivity index (χ3n) is 11.5. The van der Waals surface area contributed by atoms with Crippen molar-refractivity contribution in [2.45, 2.75) is 207 Å². The monoisotopic (exact) mass is 934 g/mol. The number of carbonyl (C=O) groups excluding carboxylic acids is 2. The van der Waals surface area contributed by atoms with Crippen LogP contribution in [0.15, 0.2) is 0 Å². The molecule has 17 unspecified atom stereocenters. The highest BCUT2D eigenvalue weighted by molar-refractivity contribution is 5.73. The van der Waals surface area contributed by atoms with E-state index in [2.05, 4.69) is 10.6 Å². The summed E-state index contributed by atoms with van der Waals surface area (Å²) in [5.41, 5.74) is -0.887. The van der Waals surface area contributed by atoms with Crippen LogP contribution >= 0.6 is 0 Å². The second kappa shape index (κ2) is 22.0. The van der Waals surface area contributed by atoms with Crippen LogP contribution in [0.3, 0.4) is 0 Å². The third-order valence-corrected chi connectivity index (χ3v) is 11.5. The molecule has 0 aromatic carbocycles. The fourth-order valence-electron chi connectivity index (χ4n) is 8.03. The molecular weight excluding hydrogens is 868 g/mol. The molecule has 26 heteroatoms. The topological polar surface area (TPSA) is 393 Å². The van der Waals surface area contributed by atoms with Gasteiger partial charge in [-0.05, 0) is 34.6 Å². The number of hydrogen-bond donors (Lipinski definition) is 14. The van der Waals surface area contributed by atoms with E-state index in [1.807, 2.05) is 0 Å². The molecule has 25 atom stereocenters. The lowest BCUT2D eigenvalue weighted by atomic mass is 9.94. The highest BCUT2D eigenvalue weighted by atomic mass is 16.8. The van der Waals surface area contributed by atoms with Gasteiger partial charge in [-0.2, -0.15) is 0 Å². The molecule has 5 fully saturated rings. The minimum atomic E-state index is -2.00. The Morgan fingerprint density at radius 1 is 0.484 bits per heavy atom. The molecule has 0 aliphatic carbocycles. The number of nitrogens with one attached hydrogen (secondary N) is 2. The van der Waals surface area contributed by atoms with E-state index >= 15 is 0 Å². The molecule has 0 aromatic rings. The van der Waals surface area contributed by atoms with Crippen molar-refractivity contribution in [3.05, 3.63) is 0 Å². The maximum atomic E-state index is 12.9. The molecule has 14 N–H and O–H groups in total. The molecule has 5 rings (SSSR count). The summed E-state index contributed by atoms with van der Waals surface area (Å²) >= 11 is 0. The van der Waals surface area contributed by atoms with E-state index in [4.69, 9.17) is 47.4 Å². The Bertz CT molecular complexity index is 1510. The SMILES string of the molecule is CC(=O)NC1C(OC(C)(C)C)OC(CO[C@@H]2OC(CO)C(O[C@@H]3OC(CO)C(O)[C@H](O)C3OC3OC(C)[C@H](O)C(O)[C@@H]3O)[C@H](O[C@H]3OC(C)C(O)[C@@H](O)C3O)C2NC(C)=O)C(O)C1O. The summed E-state index contributed by atoms with van der Waals surface area (Å²) in [6, 6.07) is -2.82. The number of aliphatic hydroxyl groups excluding tert-OH is 12. The van der Waals surface area contributed by atoms with Crippen molar-refractivity contribution in [2.75, 3.05) is 19.8 Å². The Morgan fingerprint density at radius 3 is 1.44 bits per heavy atom. The maximum Gasteiger partial charge on any atom is 0.217 e. The Kier molecular flexibility index (Phi) is 18.2. The van der Waals surface area contributed by atoms with E-state index in [0.29, 0.717) is 0 Å². The maximum absolute atomic E-state index is 12.9. The normalized spacial score (nSPS) is 48.1. The lowest BCUT2D eigenvalue weighted by Gasteiger charge is -2.51. The van der Waals surface area contributed by atoms with Crippen LogP contribution < -0.4 is 10.6 Å². The van der Waals surface area contributed by atoms with Crippen LogP contribution in [0.5, 0.6) is 0 Å². The Morgan fingerprint density at radius 2 is 0.938 bits per heavy atom.